The molecule has 1 aromatic heterocycles. The molecular weight excluding hydrogens is 989 g/mol. The van der Waals surface area contributed by atoms with Crippen LogP contribution in [0.4, 0.5) is 0 Å². The van der Waals surface area contributed by atoms with Crippen LogP contribution in [-0.2, 0) is 0 Å². The molecule has 0 aliphatic heterocycles. The topological polar surface area (TPSA) is 128 Å². The average Bonchev–Trinajstić information content (AvgIpc) is 3.97. The molecule has 434 valence electrons. The highest BCUT2D eigenvalue weighted by atomic mass is 16.5. The van der Waals surface area contributed by atoms with E-state index in [0.29, 0.717) is 94.9 Å². The van der Waals surface area contributed by atoms with Crippen molar-refractivity contribution < 1.29 is 42.5 Å². The molecule has 0 amide bonds. The molecular formula is C68H98N2O9. The van der Waals surface area contributed by atoms with E-state index in [1.165, 1.54) is 154 Å². The number of ether oxygens (including phenoxy) is 6. The first-order chi connectivity index (χ1) is 38.9. The number of nitrogens with zero attached hydrogens (tertiary/aromatic N) is 2. The van der Waals surface area contributed by atoms with Gasteiger partial charge in [0.25, 0.3) is 5.89 Å². The molecule has 0 bridgehead atoms. The van der Waals surface area contributed by atoms with Gasteiger partial charge >= 0.3 is 11.9 Å². The molecule has 11 heteroatoms. The molecule has 0 radical (unpaired) electrons. The van der Waals surface area contributed by atoms with Crippen molar-refractivity contribution >= 4 is 11.9 Å². The summed E-state index contributed by atoms with van der Waals surface area (Å²) in [6.45, 7) is 11.3. The highest BCUT2D eigenvalue weighted by molar-refractivity contribution is 5.92. The summed E-state index contributed by atoms with van der Waals surface area (Å²) in [5, 5.41) is 4.22. The van der Waals surface area contributed by atoms with Crippen molar-refractivity contribution in [3.63, 3.8) is 0 Å². The Bertz CT molecular complexity index is 2220. The molecule has 0 fully saturated rings. The lowest BCUT2D eigenvalue weighted by molar-refractivity contribution is 0.0724. The first kappa shape index (κ1) is 64.0. The van der Waals surface area contributed by atoms with E-state index in [4.69, 9.17) is 32.9 Å². The first-order valence-electron chi connectivity index (χ1n) is 31.2. The standard InChI is InChI=1S/C68H98N2O9/c1-5-9-13-17-21-25-29-33-49-73-61-47-41-57(53-63(61)75-51-35-31-27-23-19-15-11-7-3)67(71)77-59-43-37-55(38-44-59)65-69-66(79-70-65)56-39-45-60(46-40-56)78-68(72)58-42-48-62(74-50-34-30-26-22-18-14-10-6-2)64(54-58)76-52-36-32-28-24-20-16-12-8-4/h37-48,53-54H,5-36,49-52H2,1-4H3. The number of esters is 2. The van der Waals surface area contributed by atoms with Crippen molar-refractivity contribution in [1.82, 2.24) is 10.1 Å². The largest absolute Gasteiger partial charge is 0.490 e. The van der Waals surface area contributed by atoms with Crippen LogP contribution in [0, 0.1) is 0 Å². The third-order valence-corrected chi connectivity index (χ3v) is 14.4. The Balaban J connectivity index is 1.13. The molecule has 4 aromatic carbocycles. The third kappa shape index (κ3) is 25.9. The zero-order valence-corrected chi connectivity index (χ0v) is 49.1. The smallest absolute Gasteiger partial charge is 0.343 e. The predicted octanol–water partition coefficient (Wildman–Crippen LogP) is 19.9. The number of aromatic nitrogens is 2. The molecule has 0 atom stereocenters. The summed E-state index contributed by atoms with van der Waals surface area (Å²) in [7, 11) is 0. The number of unbranched alkanes of at least 4 members (excludes halogenated alkanes) is 28. The summed E-state index contributed by atoms with van der Waals surface area (Å²) in [4.78, 5) is 31.6. The number of carbonyl (C=O) groups excluding carboxylic acids is 2. The quantitative estimate of drug-likeness (QED) is 0.0210. The van der Waals surface area contributed by atoms with Crippen molar-refractivity contribution in [3.05, 3.63) is 96.1 Å². The number of rotatable bonds is 46. The van der Waals surface area contributed by atoms with E-state index in [-0.39, 0.29) is 0 Å². The molecule has 11 nitrogen and oxygen atoms in total. The highest BCUT2D eigenvalue weighted by Crippen LogP contribution is 2.33. The Morgan fingerprint density at radius 1 is 0.354 bits per heavy atom. The molecule has 0 aliphatic carbocycles. The van der Waals surface area contributed by atoms with Crippen molar-refractivity contribution in [2.45, 2.75) is 233 Å². The summed E-state index contributed by atoms with van der Waals surface area (Å²) in [5.41, 5.74) is 2.10. The van der Waals surface area contributed by atoms with Gasteiger partial charge in [0.15, 0.2) is 23.0 Å². The Morgan fingerprint density at radius 3 is 1.00 bits per heavy atom. The van der Waals surface area contributed by atoms with E-state index in [1.807, 2.05) is 12.1 Å². The summed E-state index contributed by atoms with van der Waals surface area (Å²) < 4.78 is 42.3. The number of hydrogen-bond donors (Lipinski definition) is 0. The van der Waals surface area contributed by atoms with Crippen molar-refractivity contribution in [1.29, 1.82) is 0 Å². The maximum absolute atomic E-state index is 13.5. The second kappa shape index (κ2) is 40.4. The van der Waals surface area contributed by atoms with Gasteiger partial charge in [0.2, 0.25) is 5.82 Å². The zero-order chi connectivity index (χ0) is 55.8. The van der Waals surface area contributed by atoms with Crippen LogP contribution >= 0.6 is 0 Å². The van der Waals surface area contributed by atoms with E-state index < -0.39 is 11.9 Å². The van der Waals surface area contributed by atoms with E-state index in [2.05, 4.69) is 37.8 Å². The summed E-state index contributed by atoms with van der Waals surface area (Å²) in [5.74, 6) is 2.86. The Morgan fingerprint density at radius 2 is 0.658 bits per heavy atom. The molecule has 0 N–H and O–H groups in total. The van der Waals surface area contributed by atoms with Gasteiger partial charge in [0.1, 0.15) is 11.5 Å². The fourth-order valence-electron chi connectivity index (χ4n) is 9.53. The molecule has 0 saturated heterocycles. The fraction of sp³-hybridized carbons (Fsp3) is 0.588. The normalized spacial score (nSPS) is 11.2. The van der Waals surface area contributed by atoms with E-state index in [0.717, 1.165) is 51.4 Å². The summed E-state index contributed by atoms with van der Waals surface area (Å²) >= 11 is 0. The van der Waals surface area contributed by atoms with Gasteiger partial charge in [-0.15, -0.1) is 0 Å². The van der Waals surface area contributed by atoms with Gasteiger partial charge in [-0.2, -0.15) is 4.98 Å². The zero-order valence-electron chi connectivity index (χ0n) is 49.1. The van der Waals surface area contributed by atoms with E-state index in [1.54, 1.807) is 72.8 Å². The van der Waals surface area contributed by atoms with Crippen LogP contribution in [0.3, 0.4) is 0 Å². The summed E-state index contributed by atoms with van der Waals surface area (Å²) in [6, 6.07) is 24.5. The van der Waals surface area contributed by atoms with E-state index >= 15 is 0 Å². The predicted molar refractivity (Wildman–Crippen MR) is 320 cm³/mol. The highest BCUT2D eigenvalue weighted by Gasteiger charge is 2.18. The second-order valence-corrected chi connectivity index (χ2v) is 21.4. The van der Waals surface area contributed by atoms with Crippen molar-refractivity contribution in [2.24, 2.45) is 0 Å². The van der Waals surface area contributed by atoms with Crippen LogP contribution in [0.15, 0.2) is 89.5 Å². The fourth-order valence-corrected chi connectivity index (χ4v) is 9.53. The molecule has 0 unspecified atom stereocenters. The van der Waals surface area contributed by atoms with Crippen LogP contribution in [0.1, 0.15) is 254 Å². The average molecular weight is 1090 g/mol. The molecule has 0 spiro atoms. The molecule has 5 aromatic rings. The maximum atomic E-state index is 13.5. The second-order valence-electron chi connectivity index (χ2n) is 21.4. The van der Waals surface area contributed by atoms with Crippen molar-refractivity contribution in [2.75, 3.05) is 26.4 Å². The van der Waals surface area contributed by atoms with Gasteiger partial charge in [0, 0.05) is 11.1 Å². The van der Waals surface area contributed by atoms with Crippen LogP contribution in [0.5, 0.6) is 34.5 Å². The molecule has 0 aliphatic rings. The van der Waals surface area contributed by atoms with Crippen LogP contribution < -0.4 is 28.4 Å². The van der Waals surface area contributed by atoms with Gasteiger partial charge in [-0.3, -0.25) is 0 Å². The van der Waals surface area contributed by atoms with Gasteiger partial charge < -0.3 is 32.9 Å². The number of carbonyl (C=O) groups is 2. The Labute approximate surface area is 475 Å². The van der Waals surface area contributed by atoms with Gasteiger partial charge in [0.05, 0.1) is 37.6 Å². The van der Waals surface area contributed by atoms with Crippen molar-refractivity contribution in [3.8, 4) is 57.3 Å². The lowest BCUT2D eigenvalue weighted by atomic mass is 10.1. The lowest BCUT2D eigenvalue weighted by Crippen LogP contribution is -2.10. The molecule has 0 saturated carbocycles. The minimum absolute atomic E-state index is 0.301. The van der Waals surface area contributed by atoms with Gasteiger partial charge in [-0.05, 0) is 111 Å². The van der Waals surface area contributed by atoms with Gasteiger partial charge in [-0.25, -0.2) is 9.59 Å². The maximum Gasteiger partial charge on any atom is 0.343 e. The van der Waals surface area contributed by atoms with Gasteiger partial charge in [-0.1, -0.05) is 213 Å². The van der Waals surface area contributed by atoms with Crippen LogP contribution in [0.25, 0.3) is 22.8 Å². The molecule has 1 heterocycles. The molecule has 5 rings (SSSR count). The first-order valence-corrected chi connectivity index (χ1v) is 31.2. The summed E-state index contributed by atoms with van der Waals surface area (Å²) in [6.07, 6.45) is 39.0. The number of hydrogen-bond acceptors (Lipinski definition) is 11. The third-order valence-electron chi connectivity index (χ3n) is 14.4. The van der Waals surface area contributed by atoms with Crippen LogP contribution in [-0.4, -0.2) is 48.5 Å². The number of benzene rings is 4. The SMILES string of the molecule is CCCCCCCCCCOc1ccc(C(=O)Oc2ccc(-c3noc(-c4ccc(OC(=O)c5ccc(OCCCCCCCCCC)c(OCCCCCCCCCC)c5)cc4)n3)cc2)cc1OCCCCCCCCCC. The molecule has 79 heavy (non-hydrogen) atoms. The monoisotopic (exact) mass is 1090 g/mol. The van der Waals surface area contributed by atoms with Crippen LogP contribution in [0.2, 0.25) is 0 Å². The Hall–Kier alpha value is -5.84. The van der Waals surface area contributed by atoms with E-state index in [9.17, 15) is 9.59 Å². The Kier molecular flexibility index (Phi) is 32.7. The lowest BCUT2D eigenvalue weighted by Gasteiger charge is -2.14. The minimum Gasteiger partial charge on any atom is -0.490 e. The minimum atomic E-state index is -0.497.